The highest BCUT2D eigenvalue weighted by molar-refractivity contribution is 5.89. The third-order valence-corrected chi connectivity index (χ3v) is 5.75. The third kappa shape index (κ3) is 6.62. The first-order valence-electron chi connectivity index (χ1n) is 11.8. The average molecular weight is 490 g/mol. The number of aliphatic hydroxyl groups is 1. The monoisotopic (exact) mass is 489 g/mol. The Morgan fingerprint density at radius 3 is 2.64 bits per heavy atom. The van der Waals surface area contributed by atoms with Crippen molar-refractivity contribution in [1.29, 1.82) is 0 Å². The van der Waals surface area contributed by atoms with E-state index in [1.807, 2.05) is 54.7 Å². The van der Waals surface area contributed by atoms with E-state index in [9.17, 15) is 9.90 Å². The standard InChI is InChI=1S/C28H31N3O5/c1-28(2,31-17-21(32)18-35-25-6-4-5-24-23(25)13-14-29-24)15-19-7-10-22(11-8-19)36-26-12-9-20(16-30-26)27(33)34-3/h4-14,16,21,29,31-32H,15,17-18H2,1-3H3/t21-/m0/s1. The van der Waals surface area contributed by atoms with Crippen molar-refractivity contribution < 1.29 is 24.1 Å². The van der Waals surface area contributed by atoms with Crippen LogP contribution < -0.4 is 14.8 Å². The normalized spacial score (nSPS) is 12.3. The molecule has 4 aromatic rings. The molecule has 188 valence electrons. The number of methoxy groups -OCH3 is 1. The Morgan fingerprint density at radius 1 is 1.11 bits per heavy atom. The second-order valence-corrected chi connectivity index (χ2v) is 9.22. The van der Waals surface area contributed by atoms with Crippen molar-refractivity contribution in [3.8, 4) is 17.4 Å². The van der Waals surface area contributed by atoms with Crippen molar-refractivity contribution in [2.24, 2.45) is 0 Å². The fraction of sp³-hybridized carbons (Fsp3) is 0.286. The average Bonchev–Trinajstić information content (AvgIpc) is 3.37. The van der Waals surface area contributed by atoms with Gasteiger partial charge in [-0.1, -0.05) is 18.2 Å². The Balaban J connectivity index is 1.24. The molecule has 0 fully saturated rings. The van der Waals surface area contributed by atoms with E-state index in [1.165, 1.54) is 13.3 Å². The summed E-state index contributed by atoms with van der Waals surface area (Å²) in [5, 5.41) is 14.9. The Hall–Kier alpha value is -3.88. The van der Waals surface area contributed by atoms with Crippen LogP contribution >= 0.6 is 0 Å². The number of benzene rings is 2. The van der Waals surface area contributed by atoms with Gasteiger partial charge >= 0.3 is 5.97 Å². The summed E-state index contributed by atoms with van der Waals surface area (Å²) in [6, 6.07) is 18.8. The summed E-state index contributed by atoms with van der Waals surface area (Å²) >= 11 is 0. The molecule has 0 amide bonds. The number of ether oxygens (including phenoxy) is 3. The largest absolute Gasteiger partial charge is 0.490 e. The summed E-state index contributed by atoms with van der Waals surface area (Å²) < 4.78 is 16.3. The molecule has 4 rings (SSSR count). The van der Waals surface area contributed by atoms with Gasteiger partial charge in [0.2, 0.25) is 5.88 Å². The number of aromatic amines is 1. The topological polar surface area (TPSA) is 106 Å². The molecule has 0 spiro atoms. The van der Waals surface area contributed by atoms with Gasteiger partial charge in [-0.15, -0.1) is 0 Å². The molecule has 0 aliphatic carbocycles. The minimum absolute atomic E-state index is 0.202. The second kappa shape index (κ2) is 11.2. The van der Waals surface area contributed by atoms with Crippen molar-refractivity contribution in [3.05, 3.63) is 84.2 Å². The number of aromatic nitrogens is 2. The summed E-state index contributed by atoms with van der Waals surface area (Å²) in [7, 11) is 1.33. The molecule has 0 bridgehead atoms. The molecule has 2 aromatic heterocycles. The Bertz CT molecular complexity index is 1280. The van der Waals surface area contributed by atoms with Crippen molar-refractivity contribution in [2.45, 2.75) is 31.9 Å². The maximum Gasteiger partial charge on any atom is 0.339 e. The zero-order valence-corrected chi connectivity index (χ0v) is 20.7. The highest BCUT2D eigenvalue weighted by Gasteiger charge is 2.20. The van der Waals surface area contributed by atoms with E-state index in [-0.39, 0.29) is 12.1 Å². The van der Waals surface area contributed by atoms with Crippen LogP contribution in [0.1, 0.15) is 29.8 Å². The van der Waals surface area contributed by atoms with E-state index in [2.05, 4.69) is 33.9 Å². The maximum absolute atomic E-state index is 11.5. The number of H-pyrrole nitrogens is 1. The van der Waals surface area contributed by atoms with Crippen LogP contribution in [0.3, 0.4) is 0 Å². The van der Waals surface area contributed by atoms with Crippen LogP contribution in [-0.4, -0.2) is 52.9 Å². The van der Waals surface area contributed by atoms with E-state index in [0.29, 0.717) is 23.7 Å². The van der Waals surface area contributed by atoms with E-state index < -0.39 is 12.1 Å². The van der Waals surface area contributed by atoms with Gasteiger partial charge < -0.3 is 29.6 Å². The van der Waals surface area contributed by atoms with Crippen molar-refractivity contribution in [1.82, 2.24) is 15.3 Å². The Labute approximate surface area is 210 Å². The lowest BCUT2D eigenvalue weighted by atomic mass is 9.94. The molecular formula is C28H31N3O5. The van der Waals surface area contributed by atoms with Crippen LogP contribution in [0, 0.1) is 0 Å². The molecular weight excluding hydrogens is 458 g/mol. The van der Waals surface area contributed by atoms with Crippen molar-refractivity contribution >= 4 is 16.9 Å². The number of fused-ring (bicyclic) bond motifs is 1. The summed E-state index contributed by atoms with van der Waals surface area (Å²) in [4.78, 5) is 18.8. The van der Waals surface area contributed by atoms with Crippen molar-refractivity contribution in [3.63, 3.8) is 0 Å². The molecule has 0 saturated carbocycles. The number of pyridine rings is 1. The van der Waals surface area contributed by atoms with Crippen LogP contribution in [0.15, 0.2) is 73.1 Å². The molecule has 0 aliphatic rings. The SMILES string of the molecule is COC(=O)c1ccc(Oc2ccc(CC(C)(C)NC[C@H](O)COc3cccc4[nH]ccc34)cc2)nc1. The molecule has 3 N–H and O–H groups in total. The predicted molar refractivity (Wildman–Crippen MR) is 138 cm³/mol. The van der Waals surface area contributed by atoms with Crippen LogP contribution in [0.5, 0.6) is 17.4 Å². The highest BCUT2D eigenvalue weighted by atomic mass is 16.5. The molecule has 8 heteroatoms. The van der Waals surface area contributed by atoms with Gasteiger partial charge in [0.05, 0.1) is 12.7 Å². The quantitative estimate of drug-likeness (QED) is 0.267. The summed E-state index contributed by atoms with van der Waals surface area (Å²) in [6.07, 6.45) is 3.41. The third-order valence-electron chi connectivity index (χ3n) is 5.75. The first-order valence-corrected chi connectivity index (χ1v) is 11.8. The molecule has 2 aromatic carbocycles. The molecule has 0 unspecified atom stereocenters. The Kier molecular flexibility index (Phi) is 7.87. The van der Waals surface area contributed by atoms with E-state index in [1.54, 1.807) is 12.1 Å². The zero-order chi connectivity index (χ0) is 25.5. The minimum Gasteiger partial charge on any atom is -0.490 e. The van der Waals surface area contributed by atoms with E-state index in [0.717, 1.165) is 28.6 Å². The fourth-order valence-corrected chi connectivity index (χ4v) is 3.87. The second-order valence-electron chi connectivity index (χ2n) is 9.22. The smallest absolute Gasteiger partial charge is 0.339 e. The van der Waals surface area contributed by atoms with Crippen molar-refractivity contribution in [2.75, 3.05) is 20.3 Å². The number of nitrogens with zero attached hydrogens (tertiary/aromatic N) is 1. The molecule has 8 nitrogen and oxygen atoms in total. The predicted octanol–water partition coefficient (Wildman–Crippen LogP) is 4.49. The number of hydrogen-bond acceptors (Lipinski definition) is 7. The van der Waals surface area contributed by atoms with E-state index >= 15 is 0 Å². The zero-order valence-electron chi connectivity index (χ0n) is 20.7. The summed E-state index contributed by atoms with van der Waals surface area (Å²) in [5.41, 5.74) is 2.25. The fourth-order valence-electron chi connectivity index (χ4n) is 3.87. The molecule has 0 saturated heterocycles. The van der Waals surface area contributed by atoms with Crippen LogP contribution in [-0.2, 0) is 11.2 Å². The van der Waals surface area contributed by atoms with Gasteiger partial charge in [0, 0.05) is 41.4 Å². The van der Waals surface area contributed by atoms with E-state index in [4.69, 9.17) is 9.47 Å². The lowest BCUT2D eigenvalue weighted by Crippen LogP contribution is -2.46. The summed E-state index contributed by atoms with van der Waals surface area (Å²) in [5.74, 6) is 1.35. The number of rotatable bonds is 11. The van der Waals surface area contributed by atoms with Gasteiger partial charge in [-0.25, -0.2) is 9.78 Å². The molecule has 36 heavy (non-hydrogen) atoms. The number of esters is 1. The first-order chi connectivity index (χ1) is 17.3. The molecule has 1 atom stereocenters. The van der Waals surface area contributed by atoms with Crippen LogP contribution in [0.4, 0.5) is 0 Å². The number of carbonyl (C=O) groups is 1. The number of hydrogen-bond donors (Lipinski definition) is 3. The van der Waals surface area contributed by atoms with Crippen LogP contribution in [0.2, 0.25) is 0 Å². The van der Waals surface area contributed by atoms with Gasteiger partial charge in [-0.3, -0.25) is 0 Å². The Morgan fingerprint density at radius 2 is 1.92 bits per heavy atom. The number of carbonyl (C=O) groups excluding carboxylic acids is 1. The maximum atomic E-state index is 11.5. The van der Waals surface area contributed by atoms with Gasteiger partial charge in [-0.2, -0.15) is 0 Å². The lowest BCUT2D eigenvalue weighted by Gasteiger charge is -2.28. The molecule has 0 aliphatic heterocycles. The van der Waals surface area contributed by atoms with Gasteiger partial charge in [-0.05, 0) is 62.2 Å². The number of nitrogens with one attached hydrogen (secondary N) is 2. The number of β-amino-alcohol motifs (C(OH)–C–C–N with tert-alkyl or cyclic N) is 1. The molecule has 0 radical (unpaired) electrons. The lowest BCUT2D eigenvalue weighted by molar-refractivity contribution is 0.0600. The van der Waals surface area contributed by atoms with Crippen LogP contribution in [0.25, 0.3) is 10.9 Å². The minimum atomic E-state index is -0.646. The van der Waals surface area contributed by atoms with Gasteiger partial charge in [0.15, 0.2) is 0 Å². The highest BCUT2D eigenvalue weighted by Crippen LogP contribution is 2.25. The summed E-state index contributed by atoms with van der Waals surface area (Å²) in [6.45, 7) is 4.80. The van der Waals surface area contributed by atoms with Gasteiger partial charge in [0.1, 0.15) is 24.2 Å². The molecule has 2 heterocycles. The number of aliphatic hydroxyl groups excluding tert-OH is 1. The van der Waals surface area contributed by atoms with Gasteiger partial charge in [0.25, 0.3) is 0 Å². The first kappa shape index (κ1) is 25.2.